The number of urea groups is 1. The molecule has 2 atom stereocenters. The number of methoxy groups -OCH3 is 1. The summed E-state index contributed by atoms with van der Waals surface area (Å²) in [5, 5.41) is 13.5. The van der Waals surface area contributed by atoms with Gasteiger partial charge in [0.25, 0.3) is 0 Å². The van der Waals surface area contributed by atoms with Crippen LogP contribution in [0.2, 0.25) is 0 Å². The van der Waals surface area contributed by atoms with E-state index in [4.69, 9.17) is 15.6 Å². The molecule has 0 saturated heterocycles. The van der Waals surface area contributed by atoms with Crippen molar-refractivity contribution in [2.75, 3.05) is 13.7 Å². The lowest BCUT2D eigenvalue weighted by Crippen LogP contribution is -2.52. The molecule has 8 nitrogen and oxygen atoms in total. The van der Waals surface area contributed by atoms with Crippen molar-refractivity contribution in [3.8, 4) is 0 Å². The number of amides is 3. The van der Waals surface area contributed by atoms with Crippen LogP contribution in [0.4, 0.5) is 4.79 Å². The summed E-state index contributed by atoms with van der Waals surface area (Å²) < 4.78 is 4.93. The quantitative estimate of drug-likeness (QED) is 0.464. The zero-order valence-corrected chi connectivity index (χ0v) is 11.3. The summed E-state index contributed by atoms with van der Waals surface area (Å²) in [5.41, 5.74) is 4.98. The second-order valence-corrected chi connectivity index (χ2v) is 4.43. The van der Waals surface area contributed by atoms with Crippen molar-refractivity contribution >= 4 is 17.9 Å². The topological polar surface area (TPSA) is 131 Å². The van der Waals surface area contributed by atoms with E-state index in [0.29, 0.717) is 0 Å². The molecule has 8 heteroatoms. The van der Waals surface area contributed by atoms with Crippen molar-refractivity contribution < 1.29 is 24.2 Å². The lowest BCUT2D eigenvalue weighted by Gasteiger charge is -2.22. The summed E-state index contributed by atoms with van der Waals surface area (Å²) in [5.74, 6) is -1.59. The maximum Gasteiger partial charge on any atom is 0.312 e. The SMILES string of the molecule is COC(CNC(=O)C(NC(N)=O)C(C)C)CC(=O)O. The molecule has 0 bridgehead atoms. The first-order valence-electron chi connectivity index (χ1n) is 5.86. The molecule has 0 fully saturated rings. The molecule has 0 aliphatic carbocycles. The van der Waals surface area contributed by atoms with Crippen molar-refractivity contribution in [2.45, 2.75) is 32.4 Å². The molecule has 5 N–H and O–H groups in total. The molecule has 3 amide bonds. The van der Waals surface area contributed by atoms with Gasteiger partial charge in [0.05, 0.1) is 12.5 Å². The fourth-order valence-corrected chi connectivity index (χ4v) is 1.45. The van der Waals surface area contributed by atoms with Crippen LogP contribution in [-0.2, 0) is 14.3 Å². The Balaban J connectivity index is 4.39. The average Bonchev–Trinajstić information content (AvgIpc) is 2.29. The normalized spacial score (nSPS) is 13.7. The Morgan fingerprint density at radius 2 is 1.89 bits per heavy atom. The Kier molecular flexibility index (Phi) is 7.50. The van der Waals surface area contributed by atoms with E-state index in [2.05, 4.69) is 10.6 Å². The number of ether oxygens (including phenoxy) is 1. The van der Waals surface area contributed by atoms with Gasteiger partial charge in [-0.1, -0.05) is 13.8 Å². The van der Waals surface area contributed by atoms with Gasteiger partial charge in [0.1, 0.15) is 6.04 Å². The van der Waals surface area contributed by atoms with Gasteiger partial charge in [-0.15, -0.1) is 0 Å². The summed E-state index contributed by atoms with van der Waals surface area (Å²) >= 11 is 0. The minimum atomic E-state index is -1.02. The zero-order valence-electron chi connectivity index (χ0n) is 11.3. The van der Waals surface area contributed by atoms with Crippen LogP contribution in [0, 0.1) is 5.92 Å². The molecule has 0 saturated carbocycles. The molecule has 0 aromatic rings. The number of primary amides is 1. The predicted octanol–water partition coefficient (Wildman–Crippen LogP) is -0.715. The summed E-state index contributed by atoms with van der Waals surface area (Å²) in [7, 11) is 1.36. The Morgan fingerprint density at radius 3 is 2.26 bits per heavy atom. The number of carbonyl (C=O) groups excluding carboxylic acids is 2. The van der Waals surface area contributed by atoms with E-state index in [1.165, 1.54) is 7.11 Å². The number of rotatable bonds is 8. The van der Waals surface area contributed by atoms with Gasteiger partial charge in [-0.25, -0.2) is 4.79 Å². The van der Waals surface area contributed by atoms with E-state index < -0.39 is 30.1 Å². The standard InChI is InChI=1S/C11H21N3O5/c1-6(2)9(14-11(12)18)10(17)13-5-7(19-3)4-8(15)16/h6-7,9H,4-5H2,1-3H3,(H,13,17)(H,15,16)(H3,12,14,18). The van der Waals surface area contributed by atoms with Gasteiger partial charge >= 0.3 is 12.0 Å². The Bertz CT molecular complexity index is 332. The third-order valence-electron chi connectivity index (χ3n) is 2.49. The lowest BCUT2D eigenvalue weighted by atomic mass is 10.0. The predicted molar refractivity (Wildman–Crippen MR) is 67.4 cm³/mol. The minimum Gasteiger partial charge on any atom is -0.481 e. The Labute approximate surface area is 111 Å². The highest BCUT2D eigenvalue weighted by atomic mass is 16.5. The van der Waals surface area contributed by atoms with Crippen LogP contribution in [0.15, 0.2) is 0 Å². The number of carboxylic acid groups (broad SMARTS) is 1. The molecular formula is C11H21N3O5. The molecule has 0 aliphatic heterocycles. The molecule has 0 rings (SSSR count). The third-order valence-corrected chi connectivity index (χ3v) is 2.49. The highest BCUT2D eigenvalue weighted by Gasteiger charge is 2.24. The lowest BCUT2D eigenvalue weighted by molar-refractivity contribution is -0.140. The average molecular weight is 275 g/mol. The van der Waals surface area contributed by atoms with Crippen molar-refractivity contribution in [1.29, 1.82) is 0 Å². The molecule has 19 heavy (non-hydrogen) atoms. The molecule has 110 valence electrons. The second kappa shape index (κ2) is 8.30. The van der Waals surface area contributed by atoms with Crippen LogP contribution in [-0.4, -0.2) is 48.8 Å². The minimum absolute atomic E-state index is 0.0469. The highest BCUT2D eigenvalue weighted by molar-refractivity contribution is 5.86. The largest absolute Gasteiger partial charge is 0.481 e. The summed E-state index contributed by atoms with van der Waals surface area (Å²) in [4.78, 5) is 33.2. The number of hydrogen-bond donors (Lipinski definition) is 4. The summed E-state index contributed by atoms with van der Waals surface area (Å²) in [6, 6.07) is -1.55. The van der Waals surface area contributed by atoms with Gasteiger partial charge in [0, 0.05) is 13.7 Å². The van der Waals surface area contributed by atoms with Gasteiger partial charge in [0.2, 0.25) is 5.91 Å². The third kappa shape index (κ3) is 7.24. The maximum atomic E-state index is 11.8. The van der Waals surface area contributed by atoms with Gasteiger partial charge in [-0.05, 0) is 5.92 Å². The highest BCUT2D eigenvalue weighted by Crippen LogP contribution is 2.02. The zero-order chi connectivity index (χ0) is 15.0. The fraction of sp³-hybridized carbons (Fsp3) is 0.727. The molecule has 2 unspecified atom stereocenters. The van der Waals surface area contributed by atoms with E-state index >= 15 is 0 Å². The molecule has 0 spiro atoms. The van der Waals surface area contributed by atoms with E-state index in [-0.39, 0.29) is 18.9 Å². The summed E-state index contributed by atoms with van der Waals surface area (Å²) in [6.45, 7) is 3.56. The second-order valence-electron chi connectivity index (χ2n) is 4.43. The smallest absolute Gasteiger partial charge is 0.312 e. The number of aliphatic carboxylic acids is 1. The summed E-state index contributed by atoms with van der Waals surface area (Å²) in [6.07, 6.45) is -0.838. The van der Waals surface area contributed by atoms with Crippen LogP contribution < -0.4 is 16.4 Å². The van der Waals surface area contributed by atoms with Crippen LogP contribution >= 0.6 is 0 Å². The molecule has 0 heterocycles. The van der Waals surface area contributed by atoms with Crippen LogP contribution in [0.5, 0.6) is 0 Å². The number of nitrogens with one attached hydrogen (secondary N) is 2. The van der Waals surface area contributed by atoms with Crippen LogP contribution in [0.25, 0.3) is 0 Å². The van der Waals surface area contributed by atoms with E-state index in [1.807, 2.05) is 0 Å². The number of carboxylic acids is 1. The Morgan fingerprint density at radius 1 is 1.32 bits per heavy atom. The van der Waals surface area contributed by atoms with Gasteiger partial charge in [-0.3, -0.25) is 9.59 Å². The number of carbonyl (C=O) groups is 3. The van der Waals surface area contributed by atoms with Gasteiger partial charge in [-0.2, -0.15) is 0 Å². The first kappa shape index (κ1) is 17.2. The van der Waals surface area contributed by atoms with E-state index in [9.17, 15) is 14.4 Å². The Hall–Kier alpha value is -1.83. The van der Waals surface area contributed by atoms with Gasteiger partial charge in [0.15, 0.2) is 0 Å². The van der Waals surface area contributed by atoms with Crippen molar-refractivity contribution in [2.24, 2.45) is 11.7 Å². The van der Waals surface area contributed by atoms with Crippen molar-refractivity contribution in [1.82, 2.24) is 10.6 Å². The monoisotopic (exact) mass is 275 g/mol. The maximum absolute atomic E-state index is 11.8. The van der Waals surface area contributed by atoms with Crippen LogP contribution in [0.3, 0.4) is 0 Å². The number of hydrogen-bond acceptors (Lipinski definition) is 4. The molecular weight excluding hydrogens is 254 g/mol. The van der Waals surface area contributed by atoms with Crippen molar-refractivity contribution in [3.05, 3.63) is 0 Å². The molecule has 0 aliphatic rings. The van der Waals surface area contributed by atoms with Gasteiger partial charge < -0.3 is 26.2 Å². The number of nitrogens with two attached hydrogens (primary N) is 1. The first-order valence-corrected chi connectivity index (χ1v) is 5.86. The van der Waals surface area contributed by atoms with E-state index in [0.717, 1.165) is 0 Å². The van der Waals surface area contributed by atoms with Crippen molar-refractivity contribution in [3.63, 3.8) is 0 Å². The fourth-order valence-electron chi connectivity index (χ4n) is 1.45. The van der Waals surface area contributed by atoms with E-state index in [1.54, 1.807) is 13.8 Å². The molecule has 0 radical (unpaired) electrons. The first-order chi connectivity index (χ1) is 8.77. The molecule has 0 aromatic carbocycles. The van der Waals surface area contributed by atoms with Crippen LogP contribution in [0.1, 0.15) is 20.3 Å². The molecule has 0 aromatic heterocycles.